The van der Waals surface area contributed by atoms with Gasteiger partial charge in [-0.05, 0) is 43.2 Å². The Bertz CT molecular complexity index is 598. The lowest BCUT2D eigenvalue weighted by Gasteiger charge is -2.39. The Morgan fingerprint density at radius 3 is 2.57 bits per heavy atom. The van der Waals surface area contributed by atoms with E-state index in [1.165, 1.54) is 19.3 Å². The third kappa shape index (κ3) is 3.94. The van der Waals surface area contributed by atoms with E-state index in [2.05, 4.69) is 10.0 Å². The van der Waals surface area contributed by atoms with Crippen LogP contribution in [0.25, 0.3) is 0 Å². The number of nitrogens with one attached hydrogen (secondary N) is 2. The summed E-state index contributed by atoms with van der Waals surface area (Å²) in [4.78, 5) is 0.321. The van der Waals surface area contributed by atoms with E-state index in [-0.39, 0.29) is 0 Å². The summed E-state index contributed by atoms with van der Waals surface area (Å²) in [6.45, 7) is 2.80. The van der Waals surface area contributed by atoms with E-state index >= 15 is 0 Å². The fourth-order valence-corrected chi connectivity index (χ4v) is 5.00. The van der Waals surface area contributed by atoms with Crippen molar-refractivity contribution in [2.45, 2.75) is 43.0 Å². The Balaban J connectivity index is 1.48. The molecule has 128 valence electrons. The molecule has 2 N–H and O–H groups in total. The van der Waals surface area contributed by atoms with E-state index < -0.39 is 10.0 Å². The molecule has 1 spiro atoms. The molecule has 1 saturated carbocycles. The van der Waals surface area contributed by atoms with Crippen LogP contribution in [0.5, 0.6) is 0 Å². The Labute approximate surface area is 138 Å². The van der Waals surface area contributed by atoms with Gasteiger partial charge >= 0.3 is 0 Å². The number of rotatable bonds is 6. The first-order valence-electron chi connectivity index (χ1n) is 8.48. The molecule has 0 radical (unpaired) electrons. The highest BCUT2D eigenvalue weighted by Gasteiger charge is 2.43. The summed E-state index contributed by atoms with van der Waals surface area (Å²) in [5, 5.41) is 3.58. The smallest absolute Gasteiger partial charge is 0.240 e. The van der Waals surface area contributed by atoms with Crippen molar-refractivity contribution in [3.63, 3.8) is 0 Å². The molecule has 23 heavy (non-hydrogen) atoms. The highest BCUT2D eigenvalue weighted by Crippen LogP contribution is 2.45. The molecule has 1 aliphatic heterocycles. The van der Waals surface area contributed by atoms with Crippen LogP contribution in [-0.4, -0.2) is 40.8 Å². The lowest BCUT2D eigenvalue weighted by Crippen LogP contribution is -2.46. The molecule has 1 atom stereocenters. The van der Waals surface area contributed by atoms with Gasteiger partial charge < -0.3 is 10.1 Å². The zero-order valence-electron chi connectivity index (χ0n) is 13.5. The van der Waals surface area contributed by atoms with Crippen molar-refractivity contribution in [1.29, 1.82) is 0 Å². The van der Waals surface area contributed by atoms with Crippen molar-refractivity contribution in [2.75, 3.05) is 26.3 Å². The van der Waals surface area contributed by atoms with Crippen molar-refractivity contribution in [3.05, 3.63) is 30.3 Å². The number of hydrogen-bond donors (Lipinski definition) is 2. The minimum absolute atomic E-state index is 0.321. The van der Waals surface area contributed by atoms with Gasteiger partial charge in [0.25, 0.3) is 0 Å². The van der Waals surface area contributed by atoms with Crippen LogP contribution in [0.1, 0.15) is 32.1 Å². The van der Waals surface area contributed by atoms with E-state index in [0.717, 1.165) is 26.1 Å². The predicted molar refractivity (Wildman–Crippen MR) is 89.8 cm³/mol. The van der Waals surface area contributed by atoms with Gasteiger partial charge in [-0.25, -0.2) is 13.1 Å². The molecule has 5 nitrogen and oxygen atoms in total. The molecule has 3 rings (SSSR count). The van der Waals surface area contributed by atoms with E-state index in [1.807, 2.05) is 6.07 Å². The Kier molecular flexibility index (Phi) is 5.36. The second kappa shape index (κ2) is 7.30. The van der Waals surface area contributed by atoms with Crippen LogP contribution < -0.4 is 10.0 Å². The van der Waals surface area contributed by atoms with Gasteiger partial charge in [0.2, 0.25) is 10.0 Å². The summed E-state index contributed by atoms with van der Waals surface area (Å²) in [6, 6.07) is 9.01. The first-order valence-corrected chi connectivity index (χ1v) is 9.97. The molecular weight excluding hydrogens is 312 g/mol. The lowest BCUT2D eigenvalue weighted by molar-refractivity contribution is 0.00463. The minimum atomic E-state index is -3.40. The topological polar surface area (TPSA) is 67.4 Å². The van der Waals surface area contributed by atoms with Gasteiger partial charge in [0, 0.05) is 32.3 Å². The molecule has 0 amide bonds. The standard InChI is InChI=1S/C17H26N2O3S/c20-23(21,15-5-2-1-3-6-15)19-12-11-18-16-7-4-8-17(16)9-13-22-14-10-17/h1-3,5-6,16,18-19H,4,7-14H2/t16-/m0/s1. The van der Waals surface area contributed by atoms with E-state index in [9.17, 15) is 8.42 Å². The normalized spacial score (nSPS) is 24.1. The maximum atomic E-state index is 12.2. The van der Waals surface area contributed by atoms with Gasteiger partial charge in [-0.3, -0.25) is 0 Å². The molecular formula is C17H26N2O3S. The summed E-state index contributed by atoms with van der Waals surface area (Å²) in [5.41, 5.74) is 0.372. The zero-order chi connectivity index (χ0) is 16.2. The maximum absolute atomic E-state index is 12.2. The fraction of sp³-hybridized carbons (Fsp3) is 0.647. The third-order valence-corrected chi connectivity index (χ3v) is 6.73. The van der Waals surface area contributed by atoms with Crippen LogP contribution in [0.2, 0.25) is 0 Å². The van der Waals surface area contributed by atoms with Gasteiger partial charge in [0.15, 0.2) is 0 Å². The number of benzene rings is 1. The largest absolute Gasteiger partial charge is 0.381 e. The highest BCUT2D eigenvalue weighted by atomic mass is 32.2. The molecule has 0 bridgehead atoms. The molecule has 0 unspecified atom stereocenters. The molecule has 1 aromatic rings. The van der Waals surface area contributed by atoms with E-state index in [4.69, 9.17) is 4.74 Å². The van der Waals surface area contributed by atoms with Gasteiger partial charge in [-0.2, -0.15) is 0 Å². The zero-order valence-corrected chi connectivity index (χ0v) is 14.3. The molecule has 1 saturated heterocycles. The van der Waals surface area contributed by atoms with Gasteiger partial charge in [-0.15, -0.1) is 0 Å². The van der Waals surface area contributed by atoms with Crippen LogP contribution in [0.3, 0.4) is 0 Å². The van der Waals surface area contributed by atoms with Crippen LogP contribution >= 0.6 is 0 Å². The van der Waals surface area contributed by atoms with Crippen LogP contribution in [0.4, 0.5) is 0 Å². The summed E-state index contributed by atoms with van der Waals surface area (Å²) in [5.74, 6) is 0. The SMILES string of the molecule is O=S(=O)(NCCN[C@H]1CCCC12CCOCC2)c1ccccc1. The summed E-state index contributed by atoms with van der Waals surface area (Å²) in [7, 11) is -3.40. The Morgan fingerprint density at radius 2 is 1.83 bits per heavy atom. The van der Waals surface area contributed by atoms with Crippen LogP contribution in [-0.2, 0) is 14.8 Å². The highest BCUT2D eigenvalue weighted by molar-refractivity contribution is 7.89. The van der Waals surface area contributed by atoms with Crippen molar-refractivity contribution in [1.82, 2.24) is 10.0 Å². The van der Waals surface area contributed by atoms with Gasteiger partial charge in [-0.1, -0.05) is 24.6 Å². The van der Waals surface area contributed by atoms with Crippen molar-refractivity contribution in [2.24, 2.45) is 5.41 Å². The monoisotopic (exact) mass is 338 g/mol. The number of sulfonamides is 1. The average molecular weight is 338 g/mol. The Morgan fingerprint density at radius 1 is 1.09 bits per heavy atom. The molecule has 2 fully saturated rings. The molecule has 1 heterocycles. The van der Waals surface area contributed by atoms with Crippen molar-refractivity contribution in [3.8, 4) is 0 Å². The predicted octanol–water partition coefficient (Wildman–Crippen LogP) is 1.90. The van der Waals surface area contributed by atoms with Gasteiger partial charge in [0.05, 0.1) is 4.90 Å². The molecule has 6 heteroatoms. The first kappa shape index (κ1) is 16.9. The second-order valence-electron chi connectivity index (χ2n) is 6.58. The number of ether oxygens (including phenoxy) is 1. The molecule has 1 aliphatic carbocycles. The summed E-state index contributed by atoms with van der Waals surface area (Å²) in [6.07, 6.45) is 5.96. The van der Waals surface area contributed by atoms with E-state index in [1.54, 1.807) is 24.3 Å². The van der Waals surface area contributed by atoms with Crippen LogP contribution in [0, 0.1) is 5.41 Å². The third-order valence-electron chi connectivity index (χ3n) is 5.26. The number of hydrogen-bond acceptors (Lipinski definition) is 4. The fourth-order valence-electron chi connectivity index (χ4n) is 3.95. The average Bonchev–Trinajstić information content (AvgIpc) is 2.95. The molecule has 1 aromatic carbocycles. The first-order chi connectivity index (χ1) is 11.1. The van der Waals surface area contributed by atoms with Crippen molar-refractivity contribution >= 4 is 10.0 Å². The van der Waals surface area contributed by atoms with Crippen LogP contribution in [0.15, 0.2) is 35.2 Å². The summed E-state index contributed by atoms with van der Waals surface area (Å²) < 4.78 is 32.5. The maximum Gasteiger partial charge on any atom is 0.240 e. The molecule has 0 aromatic heterocycles. The van der Waals surface area contributed by atoms with Crippen molar-refractivity contribution < 1.29 is 13.2 Å². The Hall–Kier alpha value is -0.950. The molecule has 2 aliphatic rings. The minimum Gasteiger partial charge on any atom is -0.381 e. The van der Waals surface area contributed by atoms with E-state index in [0.29, 0.717) is 29.4 Å². The summed E-state index contributed by atoms with van der Waals surface area (Å²) >= 11 is 0. The quantitative estimate of drug-likeness (QED) is 0.778. The second-order valence-corrected chi connectivity index (χ2v) is 8.35. The lowest BCUT2D eigenvalue weighted by atomic mass is 9.75. The van der Waals surface area contributed by atoms with Gasteiger partial charge in [0.1, 0.15) is 0 Å².